The van der Waals surface area contributed by atoms with Crippen molar-refractivity contribution in [3.05, 3.63) is 67.6 Å². The van der Waals surface area contributed by atoms with E-state index in [1.807, 2.05) is 0 Å². The van der Waals surface area contributed by atoms with Gasteiger partial charge in [-0.1, -0.05) is 58.5 Å². The van der Waals surface area contributed by atoms with E-state index < -0.39 is 11.9 Å². The topological polar surface area (TPSA) is 74.6 Å². The Hall–Kier alpha value is -1.46. The van der Waals surface area contributed by atoms with Crippen LogP contribution in [0.4, 0.5) is 0 Å². The van der Waals surface area contributed by atoms with Gasteiger partial charge < -0.3 is 10.2 Å². The summed E-state index contributed by atoms with van der Waals surface area (Å²) < 4.78 is 0. The average Bonchev–Trinajstić information content (AvgIpc) is 3.49. The first-order valence-electron chi connectivity index (χ1n) is 8.54. The third-order valence-corrected chi connectivity index (χ3v) is 6.06. The Morgan fingerprint density at radius 3 is 1.32 bits per heavy atom. The van der Waals surface area contributed by atoms with Crippen molar-refractivity contribution < 1.29 is 19.8 Å². The first-order chi connectivity index (χ1) is 13.2. The highest BCUT2D eigenvalue weighted by Gasteiger charge is 2.45. The molecule has 2 aliphatic rings. The van der Waals surface area contributed by atoms with Crippen molar-refractivity contribution in [2.45, 2.75) is 24.7 Å². The van der Waals surface area contributed by atoms with Crippen LogP contribution in [0, 0.1) is 11.8 Å². The van der Waals surface area contributed by atoms with Crippen LogP contribution in [-0.2, 0) is 9.59 Å². The lowest BCUT2D eigenvalue weighted by atomic mass is 10.1. The van der Waals surface area contributed by atoms with Crippen molar-refractivity contribution in [2.75, 3.05) is 0 Å². The highest BCUT2D eigenvalue weighted by atomic mass is 35.5. The molecule has 0 radical (unpaired) electrons. The van der Waals surface area contributed by atoms with Crippen LogP contribution in [-0.4, -0.2) is 22.2 Å². The fraction of sp³-hybridized carbons (Fsp3) is 0.300. The second-order valence-electron chi connectivity index (χ2n) is 6.91. The number of carboxylic acids is 2. The van der Waals surface area contributed by atoms with E-state index in [1.54, 1.807) is 36.4 Å². The van der Waals surface area contributed by atoms with Crippen molar-refractivity contribution >= 4 is 58.3 Å². The van der Waals surface area contributed by atoms with Crippen LogP contribution in [0.3, 0.4) is 0 Å². The Kier molecular flexibility index (Phi) is 6.45. The molecule has 0 saturated heterocycles. The summed E-state index contributed by atoms with van der Waals surface area (Å²) in [7, 11) is 0. The highest BCUT2D eigenvalue weighted by Crippen LogP contribution is 2.50. The Labute approximate surface area is 182 Å². The van der Waals surface area contributed by atoms with Gasteiger partial charge >= 0.3 is 11.9 Å². The third-order valence-electron chi connectivity index (χ3n) is 4.94. The maximum atomic E-state index is 10.7. The maximum Gasteiger partial charge on any atom is 0.307 e. The molecule has 2 aromatic carbocycles. The van der Waals surface area contributed by atoms with Crippen LogP contribution >= 0.6 is 46.4 Å². The van der Waals surface area contributed by atoms with Gasteiger partial charge in [0.05, 0.1) is 11.8 Å². The summed E-state index contributed by atoms with van der Waals surface area (Å²) >= 11 is 23.4. The summed E-state index contributed by atoms with van der Waals surface area (Å²) in [6.07, 6.45) is 1.35. The summed E-state index contributed by atoms with van der Waals surface area (Å²) in [6.45, 7) is 0. The second-order valence-corrected chi connectivity index (χ2v) is 8.59. The van der Waals surface area contributed by atoms with E-state index in [4.69, 9.17) is 56.6 Å². The third kappa shape index (κ3) is 4.93. The molecule has 2 aromatic rings. The first-order valence-corrected chi connectivity index (χ1v) is 10.1. The normalized spacial score (nSPS) is 24.7. The van der Waals surface area contributed by atoms with Gasteiger partial charge in [-0.25, -0.2) is 0 Å². The predicted octanol–water partition coefficient (Wildman–Crippen LogP) is 6.36. The number of carbonyl (C=O) groups is 2. The molecule has 0 aromatic heterocycles. The van der Waals surface area contributed by atoms with E-state index in [-0.39, 0.29) is 23.7 Å². The van der Waals surface area contributed by atoms with Gasteiger partial charge in [-0.3, -0.25) is 9.59 Å². The van der Waals surface area contributed by atoms with E-state index in [2.05, 4.69) is 0 Å². The molecular formula is C20H16Cl4O4. The number of hydrogen-bond donors (Lipinski definition) is 2. The number of carboxylic acid groups (broad SMARTS) is 2. The summed E-state index contributed by atoms with van der Waals surface area (Å²) in [5.41, 5.74) is 1.78. The molecule has 2 fully saturated rings. The molecule has 148 valence electrons. The monoisotopic (exact) mass is 460 g/mol. The molecule has 0 heterocycles. The summed E-state index contributed by atoms with van der Waals surface area (Å²) in [5.74, 6) is -1.90. The van der Waals surface area contributed by atoms with Crippen molar-refractivity contribution in [1.82, 2.24) is 0 Å². The van der Waals surface area contributed by atoms with Gasteiger partial charge in [-0.2, -0.15) is 0 Å². The fourth-order valence-corrected chi connectivity index (χ4v) is 4.32. The van der Waals surface area contributed by atoms with Crippen LogP contribution < -0.4 is 0 Å². The maximum absolute atomic E-state index is 10.7. The fourth-order valence-electron chi connectivity index (χ4n) is 3.23. The summed E-state index contributed by atoms with van der Waals surface area (Å²) in [4.78, 5) is 21.3. The standard InChI is InChI=1S/2C10H8Cl2O2/c2*11-5-1-2-6(9(12)3-5)7-4-8(7)10(13)14/h2*1-3,7-8H,4H2,(H,13,14). The number of halogens is 4. The van der Waals surface area contributed by atoms with E-state index in [0.29, 0.717) is 32.9 Å². The quantitative estimate of drug-likeness (QED) is 0.555. The van der Waals surface area contributed by atoms with Crippen LogP contribution in [0.1, 0.15) is 35.8 Å². The van der Waals surface area contributed by atoms with Gasteiger partial charge in [0.2, 0.25) is 0 Å². The van der Waals surface area contributed by atoms with E-state index >= 15 is 0 Å². The van der Waals surface area contributed by atoms with Gasteiger partial charge in [-0.15, -0.1) is 0 Å². The number of rotatable bonds is 4. The molecule has 4 atom stereocenters. The van der Waals surface area contributed by atoms with Crippen molar-refractivity contribution in [1.29, 1.82) is 0 Å². The molecule has 2 saturated carbocycles. The minimum atomic E-state index is -0.749. The van der Waals surface area contributed by atoms with Crippen LogP contribution in [0.25, 0.3) is 0 Å². The molecule has 0 bridgehead atoms. The summed E-state index contributed by atoms with van der Waals surface area (Å²) in [6, 6.07) is 10.4. The molecule has 2 N–H and O–H groups in total. The summed E-state index contributed by atoms with van der Waals surface area (Å²) in [5, 5.41) is 19.8. The van der Waals surface area contributed by atoms with E-state index in [9.17, 15) is 9.59 Å². The highest BCUT2D eigenvalue weighted by molar-refractivity contribution is 6.35. The van der Waals surface area contributed by atoms with Crippen LogP contribution in [0.15, 0.2) is 36.4 Å². The molecule has 0 aliphatic heterocycles. The molecule has 4 nitrogen and oxygen atoms in total. The lowest BCUT2D eigenvalue weighted by Crippen LogP contribution is -1.99. The molecule has 0 amide bonds. The second kappa shape index (κ2) is 8.50. The van der Waals surface area contributed by atoms with E-state index in [1.165, 1.54) is 0 Å². The van der Waals surface area contributed by atoms with Gasteiger partial charge in [-0.05, 0) is 60.1 Å². The van der Waals surface area contributed by atoms with Gasteiger partial charge in [0.1, 0.15) is 0 Å². The zero-order valence-corrected chi connectivity index (χ0v) is 17.4. The predicted molar refractivity (Wildman–Crippen MR) is 110 cm³/mol. The van der Waals surface area contributed by atoms with Crippen LogP contribution in [0.5, 0.6) is 0 Å². The molecule has 8 heteroatoms. The SMILES string of the molecule is O=C(O)C1CC1c1ccc(Cl)cc1Cl.O=C(O)C1CC1c1ccc(Cl)cc1Cl. The average molecular weight is 462 g/mol. The van der Waals surface area contributed by atoms with Crippen LogP contribution in [0.2, 0.25) is 20.1 Å². The molecule has 28 heavy (non-hydrogen) atoms. The minimum absolute atomic E-state index is 0.0669. The van der Waals surface area contributed by atoms with Crippen molar-refractivity contribution in [3.8, 4) is 0 Å². The number of hydrogen-bond acceptors (Lipinski definition) is 2. The van der Waals surface area contributed by atoms with Gasteiger partial charge in [0.15, 0.2) is 0 Å². The Morgan fingerprint density at radius 2 is 1.07 bits per heavy atom. The Balaban J connectivity index is 0.000000161. The first kappa shape index (κ1) is 21.3. The minimum Gasteiger partial charge on any atom is -0.481 e. The van der Waals surface area contributed by atoms with Gasteiger partial charge in [0.25, 0.3) is 0 Å². The molecule has 4 rings (SSSR count). The lowest BCUT2D eigenvalue weighted by Gasteiger charge is -2.02. The van der Waals surface area contributed by atoms with E-state index in [0.717, 1.165) is 11.1 Å². The van der Waals surface area contributed by atoms with Gasteiger partial charge in [0, 0.05) is 20.1 Å². The number of aliphatic carboxylic acids is 2. The largest absolute Gasteiger partial charge is 0.481 e. The molecular weight excluding hydrogens is 446 g/mol. The zero-order chi connectivity index (χ0) is 20.6. The smallest absolute Gasteiger partial charge is 0.307 e. The molecule has 2 aliphatic carbocycles. The Morgan fingerprint density at radius 1 is 0.714 bits per heavy atom. The van der Waals surface area contributed by atoms with Crippen molar-refractivity contribution in [3.63, 3.8) is 0 Å². The number of benzene rings is 2. The Bertz CT molecular complexity index is 855. The molecule has 4 unspecified atom stereocenters. The molecule has 0 spiro atoms. The van der Waals surface area contributed by atoms with Crippen molar-refractivity contribution in [2.24, 2.45) is 11.8 Å². The lowest BCUT2D eigenvalue weighted by molar-refractivity contribution is -0.139. The zero-order valence-electron chi connectivity index (χ0n) is 14.4.